The van der Waals surface area contributed by atoms with Crippen molar-refractivity contribution in [2.75, 3.05) is 32.8 Å². The Morgan fingerprint density at radius 1 is 1.50 bits per heavy atom. The van der Waals surface area contributed by atoms with Crippen molar-refractivity contribution in [1.82, 2.24) is 10.2 Å². The minimum Gasteiger partial charge on any atom is -0.395 e. The first kappa shape index (κ1) is 13.6. The van der Waals surface area contributed by atoms with Gasteiger partial charge < -0.3 is 10.4 Å². The molecule has 0 radical (unpaired) electrons. The lowest BCUT2D eigenvalue weighted by molar-refractivity contribution is 0.207. The molecule has 2 N–H and O–H groups in total. The molecule has 0 amide bonds. The Morgan fingerprint density at radius 2 is 2.21 bits per heavy atom. The van der Waals surface area contributed by atoms with Crippen LogP contribution in [0.1, 0.15) is 20.3 Å². The van der Waals surface area contributed by atoms with E-state index in [1.54, 1.807) is 0 Å². The SMILES string of the molecule is C=CCN(CCO)CCNC(C)CC. The lowest BCUT2D eigenvalue weighted by atomic mass is 10.2. The van der Waals surface area contributed by atoms with Crippen molar-refractivity contribution in [3.8, 4) is 0 Å². The van der Waals surface area contributed by atoms with Crippen LogP contribution in [0.5, 0.6) is 0 Å². The molecule has 84 valence electrons. The monoisotopic (exact) mass is 200 g/mol. The number of nitrogens with zero attached hydrogens (tertiary/aromatic N) is 1. The normalized spacial score (nSPS) is 13.1. The third kappa shape index (κ3) is 7.06. The van der Waals surface area contributed by atoms with Crippen molar-refractivity contribution in [1.29, 1.82) is 0 Å². The molecule has 14 heavy (non-hydrogen) atoms. The van der Waals surface area contributed by atoms with Gasteiger partial charge in [0.25, 0.3) is 0 Å². The average molecular weight is 200 g/mol. The number of rotatable bonds is 9. The van der Waals surface area contributed by atoms with Gasteiger partial charge in [-0.15, -0.1) is 6.58 Å². The maximum absolute atomic E-state index is 8.82. The molecular weight excluding hydrogens is 176 g/mol. The summed E-state index contributed by atoms with van der Waals surface area (Å²) in [6, 6.07) is 0.578. The summed E-state index contributed by atoms with van der Waals surface area (Å²) in [5, 5.41) is 12.2. The first-order valence-corrected chi connectivity index (χ1v) is 5.42. The molecule has 0 spiro atoms. The van der Waals surface area contributed by atoms with Crippen molar-refractivity contribution < 1.29 is 5.11 Å². The van der Waals surface area contributed by atoms with Gasteiger partial charge in [0.2, 0.25) is 0 Å². The molecule has 1 unspecified atom stereocenters. The first-order chi connectivity index (χ1) is 6.74. The molecule has 1 atom stereocenters. The van der Waals surface area contributed by atoms with E-state index in [2.05, 4.69) is 30.6 Å². The summed E-state index contributed by atoms with van der Waals surface area (Å²) >= 11 is 0. The van der Waals surface area contributed by atoms with E-state index >= 15 is 0 Å². The van der Waals surface area contributed by atoms with E-state index in [1.165, 1.54) is 0 Å². The Bertz CT molecular complexity index is 139. The quantitative estimate of drug-likeness (QED) is 0.542. The Labute approximate surface area is 87.8 Å². The number of hydrogen-bond acceptors (Lipinski definition) is 3. The maximum Gasteiger partial charge on any atom is 0.0558 e. The lowest BCUT2D eigenvalue weighted by Crippen LogP contribution is -2.37. The van der Waals surface area contributed by atoms with Gasteiger partial charge in [0.15, 0.2) is 0 Å². The van der Waals surface area contributed by atoms with Gasteiger partial charge in [-0.05, 0) is 13.3 Å². The van der Waals surface area contributed by atoms with E-state index in [-0.39, 0.29) is 6.61 Å². The molecule has 3 heteroatoms. The van der Waals surface area contributed by atoms with Crippen LogP contribution < -0.4 is 5.32 Å². The van der Waals surface area contributed by atoms with Crippen molar-refractivity contribution in [3.63, 3.8) is 0 Å². The highest BCUT2D eigenvalue weighted by Gasteiger charge is 2.02. The van der Waals surface area contributed by atoms with E-state index in [1.807, 2.05) is 6.08 Å². The lowest BCUT2D eigenvalue weighted by Gasteiger charge is -2.20. The Kier molecular flexibility index (Phi) is 8.94. The van der Waals surface area contributed by atoms with Gasteiger partial charge >= 0.3 is 0 Å². The predicted molar refractivity (Wildman–Crippen MR) is 61.5 cm³/mol. The smallest absolute Gasteiger partial charge is 0.0558 e. The molecule has 0 aromatic heterocycles. The Balaban J connectivity index is 3.53. The Morgan fingerprint density at radius 3 is 2.71 bits per heavy atom. The van der Waals surface area contributed by atoms with Gasteiger partial charge in [-0.25, -0.2) is 0 Å². The van der Waals surface area contributed by atoms with Crippen LogP contribution >= 0.6 is 0 Å². The van der Waals surface area contributed by atoms with E-state index < -0.39 is 0 Å². The Hall–Kier alpha value is -0.380. The van der Waals surface area contributed by atoms with Gasteiger partial charge in [-0.1, -0.05) is 13.0 Å². The van der Waals surface area contributed by atoms with E-state index in [0.717, 1.165) is 32.6 Å². The summed E-state index contributed by atoms with van der Waals surface area (Å²) in [5.41, 5.74) is 0. The molecule has 0 aromatic rings. The van der Waals surface area contributed by atoms with Crippen LogP contribution in [-0.4, -0.2) is 48.8 Å². The van der Waals surface area contributed by atoms with Gasteiger partial charge in [0.1, 0.15) is 0 Å². The fraction of sp³-hybridized carbons (Fsp3) is 0.818. The third-order valence-corrected chi connectivity index (χ3v) is 2.34. The molecule has 0 fully saturated rings. The number of aliphatic hydroxyl groups is 1. The topological polar surface area (TPSA) is 35.5 Å². The summed E-state index contributed by atoms with van der Waals surface area (Å²) in [4.78, 5) is 2.18. The highest BCUT2D eigenvalue weighted by Crippen LogP contribution is 1.90. The molecular formula is C11H24N2O. The molecule has 0 heterocycles. The molecule has 0 bridgehead atoms. The second-order valence-electron chi connectivity index (χ2n) is 3.58. The minimum atomic E-state index is 0.219. The van der Waals surface area contributed by atoms with Crippen molar-refractivity contribution >= 4 is 0 Å². The molecule has 0 rings (SSSR count). The zero-order valence-electron chi connectivity index (χ0n) is 9.50. The molecule has 0 aliphatic heterocycles. The molecule has 0 saturated carbocycles. The van der Waals surface area contributed by atoms with E-state index in [0.29, 0.717) is 6.04 Å². The third-order valence-electron chi connectivity index (χ3n) is 2.34. The summed E-state index contributed by atoms with van der Waals surface area (Å²) in [5.74, 6) is 0. The van der Waals surface area contributed by atoms with Crippen molar-refractivity contribution in [2.24, 2.45) is 0 Å². The van der Waals surface area contributed by atoms with Crippen LogP contribution in [0, 0.1) is 0 Å². The maximum atomic E-state index is 8.82. The fourth-order valence-corrected chi connectivity index (χ4v) is 1.23. The van der Waals surface area contributed by atoms with E-state index in [4.69, 9.17) is 5.11 Å². The largest absolute Gasteiger partial charge is 0.395 e. The summed E-state index contributed by atoms with van der Waals surface area (Å²) in [7, 11) is 0. The van der Waals surface area contributed by atoms with Crippen molar-refractivity contribution in [2.45, 2.75) is 26.3 Å². The molecule has 0 aromatic carbocycles. The minimum absolute atomic E-state index is 0.219. The number of aliphatic hydroxyl groups excluding tert-OH is 1. The second kappa shape index (κ2) is 9.19. The summed E-state index contributed by atoms with van der Waals surface area (Å²) in [6.45, 7) is 11.8. The van der Waals surface area contributed by atoms with Gasteiger partial charge in [-0.3, -0.25) is 4.90 Å². The summed E-state index contributed by atoms with van der Waals surface area (Å²) in [6.07, 6.45) is 3.03. The van der Waals surface area contributed by atoms with Crippen LogP contribution in [0.25, 0.3) is 0 Å². The number of hydrogen-bond donors (Lipinski definition) is 2. The molecule has 0 aliphatic carbocycles. The fourth-order valence-electron chi connectivity index (χ4n) is 1.23. The van der Waals surface area contributed by atoms with Crippen LogP contribution in [-0.2, 0) is 0 Å². The number of nitrogens with one attached hydrogen (secondary N) is 1. The van der Waals surface area contributed by atoms with E-state index in [9.17, 15) is 0 Å². The standard InChI is InChI=1S/C11H24N2O/c1-4-7-13(9-10-14)8-6-12-11(3)5-2/h4,11-12,14H,1,5-10H2,2-3H3. The predicted octanol–water partition coefficient (Wildman–Crippen LogP) is 0.855. The highest BCUT2D eigenvalue weighted by atomic mass is 16.3. The van der Waals surface area contributed by atoms with Crippen LogP contribution in [0.15, 0.2) is 12.7 Å². The van der Waals surface area contributed by atoms with Crippen LogP contribution in [0.4, 0.5) is 0 Å². The average Bonchev–Trinajstić information content (AvgIpc) is 2.18. The second-order valence-corrected chi connectivity index (χ2v) is 3.58. The first-order valence-electron chi connectivity index (χ1n) is 5.42. The highest BCUT2D eigenvalue weighted by molar-refractivity contribution is 4.74. The van der Waals surface area contributed by atoms with Gasteiger partial charge in [0.05, 0.1) is 6.61 Å². The molecule has 3 nitrogen and oxygen atoms in total. The summed E-state index contributed by atoms with van der Waals surface area (Å²) < 4.78 is 0. The van der Waals surface area contributed by atoms with Gasteiger partial charge in [-0.2, -0.15) is 0 Å². The van der Waals surface area contributed by atoms with Gasteiger partial charge in [0, 0.05) is 32.2 Å². The van der Waals surface area contributed by atoms with Crippen LogP contribution in [0.2, 0.25) is 0 Å². The van der Waals surface area contributed by atoms with Crippen LogP contribution in [0.3, 0.4) is 0 Å². The zero-order valence-corrected chi connectivity index (χ0v) is 9.50. The van der Waals surface area contributed by atoms with Crippen molar-refractivity contribution in [3.05, 3.63) is 12.7 Å². The molecule has 0 saturated heterocycles. The molecule has 0 aliphatic rings. The zero-order chi connectivity index (χ0) is 10.8.